The number of aliphatic hydroxyl groups excluding tert-OH is 1. The lowest BCUT2D eigenvalue weighted by atomic mass is 10.0. The Kier molecular flexibility index (Phi) is 5.33. The molecule has 2 heterocycles. The molecule has 1 aliphatic rings. The molecule has 2 aromatic carbocycles. The summed E-state index contributed by atoms with van der Waals surface area (Å²) < 4.78 is 0. The topological polar surface area (TPSA) is 68.4 Å². The first-order chi connectivity index (χ1) is 13.9. The predicted molar refractivity (Wildman–Crippen MR) is 120 cm³/mol. The normalized spacial score (nSPS) is 17.0. The maximum atomic E-state index is 12.5. The molecule has 1 fully saturated rings. The van der Waals surface area contributed by atoms with Crippen LogP contribution in [0.1, 0.15) is 35.1 Å². The zero-order chi connectivity index (χ0) is 20.5. The van der Waals surface area contributed by atoms with E-state index in [0.29, 0.717) is 13.1 Å². The summed E-state index contributed by atoms with van der Waals surface area (Å²) in [5, 5.41) is 14.4. The minimum Gasteiger partial charge on any atom is -0.391 e. The van der Waals surface area contributed by atoms with Crippen molar-refractivity contribution in [3.8, 4) is 0 Å². The molecule has 0 radical (unpaired) electrons. The minimum absolute atomic E-state index is 0.0511. The molecule has 5 heteroatoms. The van der Waals surface area contributed by atoms with Crippen molar-refractivity contribution < 1.29 is 5.11 Å². The molecule has 1 atom stereocenters. The van der Waals surface area contributed by atoms with Gasteiger partial charge < -0.3 is 20.3 Å². The van der Waals surface area contributed by atoms with Gasteiger partial charge in [-0.25, -0.2) is 0 Å². The lowest BCUT2D eigenvalue weighted by molar-refractivity contribution is 0.154. The number of rotatable bonds is 4. The van der Waals surface area contributed by atoms with E-state index in [9.17, 15) is 9.90 Å². The molecule has 5 nitrogen and oxygen atoms in total. The molecule has 29 heavy (non-hydrogen) atoms. The number of β-amino-alcohol motifs (C(OH)–C–C–N with tert-alkyl or cyclic N) is 1. The fraction of sp³-hybridized carbons (Fsp3) is 0.375. The van der Waals surface area contributed by atoms with Crippen LogP contribution >= 0.6 is 0 Å². The van der Waals surface area contributed by atoms with Gasteiger partial charge in [0.2, 0.25) is 0 Å². The highest BCUT2D eigenvalue weighted by molar-refractivity contribution is 5.80. The van der Waals surface area contributed by atoms with Crippen LogP contribution in [0.5, 0.6) is 0 Å². The predicted octanol–water partition coefficient (Wildman–Crippen LogP) is 4.03. The van der Waals surface area contributed by atoms with Crippen molar-refractivity contribution in [1.29, 1.82) is 0 Å². The van der Waals surface area contributed by atoms with E-state index in [-0.39, 0.29) is 11.7 Å². The number of nitrogens with one attached hydrogen (secondary N) is 2. The summed E-state index contributed by atoms with van der Waals surface area (Å²) in [6.45, 7) is 8.36. The van der Waals surface area contributed by atoms with Crippen LogP contribution in [0.2, 0.25) is 0 Å². The number of pyridine rings is 1. The number of nitrogens with zero attached hydrogens (tertiary/aromatic N) is 1. The Morgan fingerprint density at radius 3 is 2.66 bits per heavy atom. The van der Waals surface area contributed by atoms with E-state index in [1.807, 2.05) is 12.1 Å². The van der Waals surface area contributed by atoms with Crippen LogP contribution in [0, 0.1) is 20.8 Å². The Bertz CT molecular complexity index is 1100. The highest BCUT2D eigenvalue weighted by atomic mass is 16.3. The van der Waals surface area contributed by atoms with Crippen molar-refractivity contribution in [2.75, 3.05) is 23.3 Å². The van der Waals surface area contributed by atoms with E-state index in [1.165, 1.54) is 11.1 Å². The molecular formula is C24H29N3O2. The molecular weight excluding hydrogens is 362 g/mol. The molecule has 152 valence electrons. The largest absolute Gasteiger partial charge is 0.391 e. The number of aryl methyl sites for hydroxylation is 3. The number of anilines is 2. The smallest absolute Gasteiger partial charge is 0.253 e. The minimum atomic E-state index is -0.242. The Hall–Kier alpha value is -2.79. The molecule has 0 amide bonds. The zero-order valence-corrected chi connectivity index (χ0v) is 17.4. The third-order valence-electron chi connectivity index (χ3n) is 5.98. The standard InChI is InChI=1S/C24H29N3O2/c1-15-9-18-12-19(24(29)26-23(18)11-16(15)2)13-25-22-7-6-20(10-17(22)3)27-8-4-5-21(28)14-27/h6-7,9-12,21,25,28H,4-5,8,13-14H2,1-3H3,(H,26,29). The lowest BCUT2D eigenvalue weighted by Gasteiger charge is -2.32. The van der Waals surface area contributed by atoms with Gasteiger partial charge in [-0.3, -0.25) is 4.79 Å². The summed E-state index contributed by atoms with van der Waals surface area (Å²) in [5.41, 5.74) is 7.24. The second-order valence-corrected chi connectivity index (χ2v) is 8.24. The number of aromatic amines is 1. The highest BCUT2D eigenvalue weighted by Gasteiger charge is 2.18. The first-order valence-electron chi connectivity index (χ1n) is 10.3. The van der Waals surface area contributed by atoms with Gasteiger partial charge in [-0.1, -0.05) is 0 Å². The van der Waals surface area contributed by atoms with Crippen molar-refractivity contribution >= 4 is 22.3 Å². The monoisotopic (exact) mass is 391 g/mol. The van der Waals surface area contributed by atoms with Crippen LogP contribution in [0.15, 0.2) is 41.2 Å². The number of hydrogen-bond acceptors (Lipinski definition) is 4. The molecule has 1 saturated heterocycles. The number of piperidine rings is 1. The third kappa shape index (κ3) is 4.15. The number of hydrogen-bond donors (Lipinski definition) is 3. The van der Waals surface area contributed by atoms with Gasteiger partial charge in [0, 0.05) is 42.1 Å². The van der Waals surface area contributed by atoms with Crippen LogP contribution in [0.25, 0.3) is 10.9 Å². The SMILES string of the molecule is Cc1cc2cc(CNc3ccc(N4CCCC(O)C4)cc3C)c(=O)[nH]c2cc1C. The lowest BCUT2D eigenvalue weighted by Crippen LogP contribution is -2.38. The van der Waals surface area contributed by atoms with E-state index in [1.54, 1.807) is 0 Å². The summed E-state index contributed by atoms with van der Waals surface area (Å²) in [5.74, 6) is 0. The maximum absolute atomic E-state index is 12.5. The van der Waals surface area contributed by atoms with Gasteiger partial charge in [-0.2, -0.15) is 0 Å². The zero-order valence-electron chi connectivity index (χ0n) is 17.4. The van der Waals surface area contributed by atoms with Gasteiger partial charge in [-0.05, 0) is 92.1 Å². The van der Waals surface area contributed by atoms with E-state index >= 15 is 0 Å². The molecule has 1 aliphatic heterocycles. The number of benzene rings is 2. The fourth-order valence-electron chi connectivity index (χ4n) is 4.08. The van der Waals surface area contributed by atoms with Crippen LogP contribution in [0.4, 0.5) is 11.4 Å². The Labute approximate surface area is 171 Å². The van der Waals surface area contributed by atoms with Gasteiger partial charge in [0.1, 0.15) is 0 Å². The van der Waals surface area contributed by atoms with Crippen LogP contribution in [0.3, 0.4) is 0 Å². The maximum Gasteiger partial charge on any atom is 0.253 e. The summed E-state index contributed by atoms with van der Waals surface area (Å²) in [6, 6.07) is 12.4. The van der Waals surface area contributed by atoms with Gasteiger partial charge >= 0.3 is 0 Å². The molecule has 4 rings (SSSR count). The molecule has 0 saturated carbocycles. The molecule has 3 N–H and O–H groups in total. The van der Waals surface area contributed by atoms with Crippen LogP contribution in [-0.2, 0) is 6.54 Å². The van der Waals surface area contributed by atoms with Crippen molar-refractivity contribution in [3.05, 3.63) is 69.0 Å². The summed E-state index contributed by atoms with van der Waals surface area (Å²) in [4.78, 5) is 17.7. The number of aliphatic hydroxyl groups is 1. The molecule has 0 bridgehead atoms. The van der Waals surface area contributed by atoms with Gasteiger partial charge in [0.15, 0.2) is 0 Å². The fourth-order valence-corrected chi connectivity index (χ4v) is 4.08. The average Bonchev–Trinajstić information content (AvgIpc) is 2.68. The Balaban J connectivity index is 1.52. The molecule has 0 aliphatic carbocycles. The first kappa shape index (κ1) is 19.5. The van der Waals surface area contributed by atoms with E-state index in [0.717, 1.165) is 52.8 Å². The highest BCUT2D eigenvalue weighted by Crippen LogP contribution is 2.26. The van der Waals surface area contributed by atoms with Crippen molar-refractivity contribution in [3.63, 3.8) is 0 Å². The summed E-state index contributed by atoms with van der Waals surface area (Å²) in [7, 11) is 0. The van der Waals surface area contributed by atoms with Crippen LogP contribution in [-0.4, -0.2) is 29.3 Å². The number of aromatic nitrogens is 1. The second-order valence-electron chi connectivity index (χ2n) is 8.24. The Morgan fingerprint density at radius 1 is 1.10 bits per heavy atom. The molecule has 1 aromatic heterocycles. The van der Waals surface area contributed by atoms with E-state index < -0.39 is 0 Å². The van der Waals surface area contributed by atoms with E-state index in [2.05, 4.69) is 60.2 Å². The summed E-state index contributed by atoms with van der Waals surface area (Å²) in [6.07, 6.45) is 1.66. The first-order valence-corrected chi connectivity index (χ1v) is 10.3. The molecule has 3 aromatic rings. The Morgan fingerprint density at radius 2 is 1.90 bits per heavy atom. The van der Waals surface area contributed by atoms with Crippen molar-refractivity contribution in [2.24, 2.45) is 0 Å². The number of H-pyrrole nitrogens is 1. The molecule has 0 spiro atoms. The number of fused-ring (bicyclic) bond motifs is 1. The van der Waals surface area contributed by atoms with E-state index in [4.69, 9.17) is 0 Å². The summed E-state index contributed by atoms with van der Waals surface area (Å²) >= 11 is 0. The van der Waals surface area contributed by atoms with Gasteiger partial charge in [0.25, 0.3) is 5.56 Å². The second kappa shape index (κ2) is 7.91. The van der Waals surface area contributed by atoms with Crippen molar-refractivity contribution in [2.45, 2.75) is 46.3 Å². The van der Waals surface area contributed by atoms with Gasteiger partial charge in [-0.15, -0.1) is 0 Å². The quantitative estimate of drug-likeness (QED) is 0.628. The average molecular weight is 392 g/mol. The van der Waals surface area contributed by atoms with Crippen LogP contribution < -0.4 is 15.8 Å². The van der Waals surface area contributed by atoms with Gasteiger partial charge in [0.05, 0.1) is 6.10 Å². The van der Waals surface area contributed by atoms with Crippen molar-refractivity contribution in [1.82, 2.24) is 4.98 Å². The molecule has 1 unspecified atom stereocenters. The third-order valence-corrected chi connectivity index (χ3v) is 5.98.